The first-order valence-corrected chi connectivity index (χ1v) is 11.6. The van der Waals surface area contributed by atoms with Crippen molar-refractivity contribution in [3.05, 3.63) is 59.5 Å². The number of carbonyl (C=O) groups is 1. The van der Waals surface area contributed by atoms with Gasteiger partial charge in [-0.3, -0.25) is 14.6 Å². The Hall–Kier alpha value is -3.65. The van der Waals surface area contributed by atoms with Crippen molar-refractivity contribution in [1.29, 1.82) is 0 Å². The summed E-state index contributed by atoms with van der Waals surface area (Å²) < 4.78 is 2.08. The minimum absolute atomic E-state index is 0.0288. The fourth-order valence-corrected chi connectivity index (χ4v) is 5.08. The highest BCUT2D eigenvalue weighted by Crippen LogP contribution is 2.44. The predicted molar refractivity (Wildman–Crippen MR) is 134 cm³/mol. The second-order valence-electron chi connectivity index (χ2n) is 8.70. The summed E-state index contributed by atoms with van der Waals surface area (Å²) in [6.07, 6.45) is 6.54. The van der Waals surface area contributed by atoms with E-state index in [0.717, 1.165) is 57.4 Å². The van der Waals surface area contributed by atoms with E-state index in [1.54, 1.807) is 18.5 Å². The number of rotatable bonds is 4. The van der Waals surface area contributed by atoms with Crippen molar-refractivity contribution in [3.8, 4) is 22.4 Å². The largest absolute Gasteiger partial charge is 0.384 e. The lowest BCUT2D eigenvalue weighted by Gasteiger charge is -2.32. The van der Waals surface area contributed by atoms with Crippen molar-refractivity contribution in [3.63, 3.8) is 0 Å². The molecule has 3 aromatic heterocycles. The molecule has 8 nitrogen and oxygen atoms in total. The van der Waals surface area contributed by atoms with Crippen LogP contribution in [0.5, 0.6) is 0 Å². The number of hydrogen-bond donors (Lipinski definition) is 2. The lowest BCUT2D eigenvalue weighted by molar-refractivity contribution is -0.127. The van der Waals surface area contributed by atoms with Crippen LogP contribution in [0.3, 0.4) is 0 Å². The summed E-state index contributed by atoms with van der Waals surface area (Å²) >= 11 is 6.92. The maximum absolute atomic E-state index is 12.0. The number of likely N-dealkylation sites (tertiary alicyclic amines) is 1. The first-order chi connectivity index (χ1) is 16.4. The van der Waals surface area contributed by atoms with Crippen LogP contribution < -0.4 is 5.73 Å². The molecule has 0 unspecified atom stereocenters. The van der Waals surface area contributed by atoms with Gasteiger partial charge in [-0.15, -0.1) is 0 Å². The van der Waals surface area contributed by atoms with Crippen molar-refractivity contribution in [2.75, 3.05) is 18.8 Å². The van der Waals surface area contributed by atoms with Crippen LogP contribution in [0.25, 0.3) is 33.3 Å². The van der Waals surface area contributed by atoms with E-state index in [4.69, 9.17) is 22.4 Å². The minimum atomic E-state index is -0.0288. The van der Waals surface area contributed by atoms with Gasteiger partial charge in [-0.1, -0.05) is 18.2 Å². The Morgan fingerprint density at radius 2 is 2.00 bits per heavy atom. The molecular formula is C25H26ClN7O. The van der Waals surface area contributed by atoms with Gasteiger partial charge in [-0.2, -0.15) is 10.2 Å². The third-order valence-electron chi connectivity index (χ3n) is 6.62. The van der Waals surface area contributed by atoms with E-state index in [2.05, 4.69) is 33.4 Å². The average molecular weight is 476 g/mol. The molecule has 1 aliphatic rings. The third-order valence-corrected chi connectivity index (χ3v) is 7.11. The molecule has 0 bridgehead atoms. The monoisotopic (exact) mass is 475 g/mol. The lowest BCUT2D eigenvalue weighted by atomic mass is 9.95. The summed E-state index contributed by atoms with van der Waals surface area (Å²) in [6.45, 7) is 9.00. The van der Waals surface area contributed by atoms with E-state index in [-0.39, 0.29) is 11.9 Å². The molecule has 4 aromatic rings. The zero-order valence-corrected chi connectivity index (χ0v) is 19.9. The highest BCUT2D eigenvalue weighted by atomic mass is 35.5. The first kappa shape index (κ1) is 22.2. The molecular weight excluding hydrogens is 450 g/mol. The number of benzene rings is 1. The fourth-order valence-electron chi connectivity index (χ4n) is 4.83. The summed E-state index contributed by atoms with van der Waals surface area (Å²) in [5.41, 5.74) is 12.2. The van der Waals surface area contributed by atoms with Crippen LogP contribution in [-0.4, -0.2) is 48.9 Å². The standard InChI is InChI=1S/C25H26ClN7O/c1-4-21(34)32-9-7-17(8-10-32)33-15(3)22(25(31-33)16-5-6-20(27)28-12-16)23-18-13-29-30-19(18)11-14(2)24(23)26/h4-6,11-13,17H,1,7-10H2,2-3H3,(H2,27,28)(H,29,30). The molecule has 0 aliphatic carbocycles. The number of aryl methyl sites for hydroxylation is 1. The van der Waals surface area contributed by atoms with E-state index < -0.39 is 0 Å². The second kappa shape index (κ2) is 8.61. The minimum Gasteiger partial charge on any atom is -0.384 e. The van der Waals surface area contributed by atoms with Crippen LogP contribution in [-0.2, 0) is 4.79 Å². The van der Waals surface area contributed by atoms with Gasteiger partial charge in [0.2, 0.25) is 5.91 Å². The second-order valence-corrected chi connectivity index (χ2v) is 9.08. The summed E-state index contributed by atoms with van der Waals surface area (Å²) in [7, 11) is 0. The molecule has 0 radical (unpaired) electrons. The molecule has 5 rings (SSSR count). The van der Waals surface area contributed by atoms with Gasteiger partial charge in [0.05, 0.1) is 22.8 Å². The van der Waals surface area contributed by atoms with Gasteiger partial charge < -0.3 is 10.6 Å². The van der Waals surface area contributed by atoms with Crippen LogP contribution in [0.4, 0.5) is 5.82 Å². The molecule has 1 fully saturated rings. The van der Waals surface area contributed by atoms with Crippen LogP contribution in [0.15, 0.2) is 43.2 Å². The number of pyridine rings is 1. The summed E-state index contributed by atoms with van der Waals surface area (Å²) in [5, 5.41) is 14.0. The number of halogens is 1. The zero-order chi connectivity index (χ0) is 24.0. The number of amides is 1. The number of nitrogen functional groups attached to an aromatic ring is 1. The molecule has 1 amide bonds. The van der Waals surface area contributed by atoms with Crippen LogP contribution in [0.2, 0.25) is 5.02 Å². The van der Waals surface area contributed by atoms with Gasteiger partial charge in [0.1, 0.15) is 11.5 Å². The molecule has 9 heteroatoms. The number of nitrogens with two attached hydrogens (primary N) is 1. The zero-order valence-electron chi connectivity index (χ0n) is 19.2. The number of fused-ring (bicyclic) bond motifs is 1. The van der Waals surface area contributed by atoms with Crippen molar-refractivity contribution in [1.82, 2.24) is 29.9 Å². The van der Waals surface area contributed by atoms with E-state index in [9.17, 15) is 4.79 Å². The molecule has 3 N–H and O–H groups in total. The SMILES string of the molecule is C=CC(=O)N1CCC(n2nc(-c3ccc(N)nc3)c(-c3c(Cl)c(C)cc4[nH]ncc34)c2C)CC1. The van der Waals surface area contributed by atoms with Crippen LogP contribution in [0.1, 0.15) is 30.1 Å². The lowest BCUT2D eigenvalue weighted by Crippen LogP contribution is -2.38. The van der Waals surface area contributed by atoms with Gasteiger partial charge in [0.15, 0.2) is 0 Å². The molecule has 0 spiro atoms. The quantitative estimate of drug-likeness (QED) is 0.416. The Labute approximate surface area is 202 Å². The van der Waals surface area contributed by atoms with Crippen LogP contribution in [0, 0.1) is 13.8 Å². The Morgan fingerprint density at radius 3 is 2.68 bits per heavy atom. The molecule has 0 saturated carbocycles. The van der Waals surface area contributed by atoms with Gasteiger partial charge in [0.25, 0.3) is 0 Å². The number of carbonyl (C=O) groups excluding carboxylic acids is 1. The molecule has 4 heterocycles. The molecule has 174 valence electrons. The summed E-state index contributed by atoms with van der Waals surface area (Å²) in [4.78, 5) is 18.2. The Morgan fingerprint density at radius 1 is 1.24 bits per heavy atom. The Kier molecular flexibility index (Phi) is 5.61. The van der Waals surface area contributed by atoms with E-state index in [0.29, 0.717) is 23.9 Å². The van der Waals surface area contributed by atoms with E-state index in [1.807, 2.05) is 24.0 Å². The van der Waals surface area contributed by atoms with Gasteiger partial charge in [-0.05, 0) is 56.5 Å². The topological polar surface area (TPSA) is 106 Å². The van der Waals surface area contributed by atoms with Crippen LogP contribution >= 0.6 is 11.6 Å². The molecule has 34 heavy (non-hydrogen) atoms. The maximum Gasteiger partial charge on any atom is 0.245 e. The fraction of sp³-hybridized carbons (Fsp3) is 0.280. The molecule has 1 aliphatic heterocycles. The number of hydrogen-bond acceptors (Lipinski definition) is 5. The smallest absolute Gasteiger partial charge is 0.245 e. The van der Waals surface area contributed by atoms with Gasteiger partial charge in [0, 0.05) is 47.1 Å². The molecule has 1 saturated heterocycles. The van der Waals surface area contributed by atoms with Crippen molar-refractivity contribution in [2.45, 2.75) is 32.7 Å². The number of aromatic amines is 1. The van der Waals surface area contributed by atoms with E-state index >= 15 is 0 Å². The number of nitrogens with one attached hydrogen (secondary N) is 1. The van der Waals surface area contributed by atoms with Crippen molar-refractivity contribution >= 4 is 34.2 Å². The van der Waals surface area contributed by atoms with Crippen molar-refractivity contribution < 1.29 is 4.79 Å². The highest BCUT2D eigenvalue weighted by molar-refractivity contribution is 6.36. The van der Waals surface area contributed by atoms with Gasteiger partial charge >= 0.3 is 0 Å². The highest BCUT2D eigenvalue weighted by Gasteiger charge is 2.29. The number of H-pyrrole nitrogens is 1. The number of piperidine rings is 1. The summed E-state index contributed by atoms with van der Waals surface area (Å²) in [6, 6.07) is 5.87. The number of aromatic nitrogens is 5. The molecule has 1 aromatic carbocycles. The average Bonchev–Trinajstić information content (AvgIpc) is 3.44. The first-order valence-electron chi connectivity index (χ1n) is 11.2. The Bertz CT molecular complexity index is 1400. The Balaban J connectivity index is 1.68. The molecule has 0 atom stereocenters. The predicted octanol–water partition coefficient (Wildman–Crippen LogP) is 4.69. The maximum atomic E-state index is 12.0. The number of nitrogens with zero attached hydrogens (tertiary/aromatic N) is 5. The normalized spacial score (nSPS) is 14.6. The summed E-state index contributed by atoms with van der Waals surface area (Å²) in [5.74, 6) is 0.422. The van der Waals surface area contributed by atoms with Gasteiger partial charge in [-0.25, -0.2) is 4.98 Å². The third kappa shape index (κ3) is 3.64. The van der Waals surface area contributed by atoms with Crippen molar-refractivity contribution in [2.24, 2.45) is 0 Å². The number of anilines is 1. The van der Waals surface area contributed by atoms with E-state index in [1.165, 1.54) is 6.08 Å².